The number of nitrogens with zero attached hydrogens (tertiary/aromatic N) is 1. The van der Waals surface area contributed by atoms with Gasteiger partial charge in [0.15, 0.2) is 9.84 Å². The molecule has 156 valence electrons. The van der Waals surface area contributed by atoms with Gasteiger partial charge >= 0.3 is 0 Å². The molecule has 0 aromatic rings. The van der Waals surface area contributed by atoms with E-state index in [2.05, 4.69) is 0 Å². The average Bonchev–Trinajstić information content (AvgIpc) is 3.12. The SMILES string of the molecule is CCS(=O)(=O)N1CC2CCC(S(=O)(=O)C3CCC4OCCOC4C3)CC2C1. The number of fused-ring (bicyclic) bond motifs is 2. The van der Waals surface area contributed by atoms with E-state index in [1.54, 1.807) is 11.2 Å². The monoisotopic (exact) mass is 421 g/mol. The molecule has 0 bridgehead atoms. The lowest BCUT2D eigenvalue weighted by molar-refractivity contribution is -0.153. The third-order valence-electron chi connectivity index (χ3n) is 7.09. The molecule has 9 heteroatoms. The van der Waals surface area contributed by atoms with Crippen LogP contribution >= 0.6 is 0 Å². The van der Waals surface area contributed by atoms with E-state index in [1.165, 1.54) is 0 Å². The second-order valence-electron chi connectivity index (χ2n) is 8.52. The van der Waals surface area contributed by atoms with Crippen LogP contribution in [-0.2, 0) is 29.3 Å². The van der Waals surface area contributed by atoms with Crippen molar-refractivity contribution in [1.82, 2.24) is 4.31 Å². The number of ether oxygens (including phenoxy) is 2. The van der Waals surface area contributed by atoms with Crippen molar-refractivity contribution >= 4 is 19.9 Å². The standard InChI is InChI=1S/C18H31NO6S2/c1-2-26(20,21)19-11-13-3-4-15(9-14(13)12-19)27(22,23)16-5-6-17-18(10-16)25-8-7-24-17/h13-18H,2-12H2,1H3. The summed E-state index contributed by atoms with van der Waals surface area (Å²) in [6.07, 6.45) is 3.94. The molecule has 2 saturated carbocycles. The first-order valence-electron chi connectivity index (χ1n) is 10.2. The number of hydrogen-bond acceptors (Lipinski definition) is 6. The van der Waals surface area contributed by atoms with E-state index >= 15 is 0 Å². The number of sulfone groups is 1. The molecule has 0 aromatic heterocycles. The van der Waals surface area contributed by atoms with Crippen LogP contribution in [0.4, 0.5) is 0 Å². The van der Waals surface area contributed by atoms with E-state index in [9.17, 15) is 16.8 Å². The Morgan fingerprint density at radius 3 is 2.19 bits per heavy atom. The van der Waals surface area contributed by atoms with E-state index in [0.29, 0.717) is 57.9 Å². The Labute approximate surface area is 162 Å². The molecule has 2 saturated heterocycles. The molecule has 2 heterocycles. The van der Waals surface area contributed by atoms with Crippen molar-refractivity contribution in [3.63, 3.8) is 0 Å². The summed E-state index contributed by atoms with van der Waals surface area (Å²) in [4.78, 5) is 0. The highest BCUT2D eigenvalue weighted by Gasteiger charge is 2.47. The minimum absolute atomic E-state index is 0.0450. The molecule has 0 amide bonds. The number of rotatable bonds is 4. The normalized spacial score (nSPS) is 41.1. The van der Waals surface area contributed by atoms with E-state index in [0.717, 1.165) is 12.8 Å². The van der Waals surface area contributed by atoms with Crippen LogP contribution in [0.3, 0.4) is 0 Å². The Kier molecular flexibility index (Phi) is 5.61. The van der Waals surface area contributed by atoms with Crippen molar-refractivity contribution in [3.05, 3.63) is 0 Å². The highest BCUT2D eigenvalue weighted by Crippen LogP contribution is 2.42. The highest BCUT2D eigenvalue weighted by molar-refractivity contribution is 7.92. The van der Waals surface area contributed by atoms with Gasteiger partial charge in [-0.3, -0.25) is 0 Å². The first kappa shape index (κ1) is 20.1. The summed E-state index contributed by atoms with van der Waals surface area (Å²) in [5.41, 5.74) is 0. The topological polar surface area (TPSA) is 90.0 Å². The smallest absolute Gasteiger partial charge is 0.213 e. The Morgan fingerprint density at radius 1 is 0.815 bits per heavy atom. The predicted molar refractivity (Wildman–Crippen MR) is 102 cm³/mol. The first-order chi connectivity index (χ1) is 12.8. The van der Waals surface area contributed by atoms with Gasteiger partial charge in [0, 0.05) is 13.1 Å². The van der Waals surface area contributed by atoms with Crippen molar-refractivity contribution in [2.75, 3.05) is 32.1 Å². The molecule has 4 rings (SSSR count). The maximum Gasteiger partial charge on any atom is 0.213 e. The third kappa shape index (κ3) is 3.82. The van der Waals surface area contributed by atoms with Crippen LogP contribution in [0.25, 0.3) is 0 Å². The zero-order valence-corrected chi connectivity index (χ0v) is 17.6. The second-order valence-corrected chi connectivity index (χ2v) is 13.3. The zero-order valence-electron chi connectivity index (χ0n) is 16.0. The maximum absolute atomic E-state index is 13.3. The minimum atomic E-state index is -3.24. The first-order valence-corrected chi connectivity index (χ1v) is 13.5. The van der Waals surface area contributed by atoms with Crippen LogP contribution in [0.1, 0.15) is 45.4 Å². The molecule has 27 heavy (non-hydrogen) atoms. The van der Waals surface area contributed by atoms with Gasteiger partial charge in [-0.25, -0.2) is 21.1 Å². The largest absolute Gasteiger partial charge is 0.373 e. The third-order valence-corrected chi connectivity index (χ3v) is 11.6. The van der Waals surface area contributed by atoms with E-state index < -0.39 is 19.9 Å². The predicted octanol–water partition coefficient (Wildman–Crippen LogP) is 1.19. The quantitative estimate of drug-likeness (QED) is 0.677. The van der Waals surface area contributed by atoms with Crippen LogP contribution in [0.2, 0.25) is 0 Å². The molecule has 2 aliphatic carbocycles. The van der Waals surface area contributed by atoms with Gasteiger partial charge in [-0.2, -0.15) is 0 Å². The van der Waals surface area contributed by atoms with Gasteiger partial charge in [0.25, 0.3) is 0 Å². The molecular weight excluding hydrogens is 390 g/mol. The number of hydrogen-bond donors (Lipinski definition) is 0. The molecule has 4 fully saturated rings. The Hall–Kier alpha value is -0.220. The lowest BCUT2D eigenvalue weighted by atomic mass is 9.81. The van der Waals surface area contributed by atoms with E-state index in [4.69, 9.17) is 9.47 Å². The maximum atomic E-state index is 13.3. The van der Waals surface area contributed by atoms with Gasteiger partial charge in [-0.15, -0.1) is 0 Å². The average molecular weight is 422 g/mol. The van der Waals surface area contributed by atoms with Crippen molar-refractivity contribution < 1.29 is 26.3 Å². The summed E-state index contributed by atoms with van der Waals surface area (Å²) < 4.78 is 64.1. The minimum Gasteiger partial charge on any atom is -0.373 e. The summed E-state index contributed by atoms with van der Waals surface area (Å²) >= 11 is 0. The van der Waals surface area contributed by atoms with Crippen LogP contribution in [0.5, 0.6) is 0 Å². The van der Waals surface area contributed by atoms with Crippen LogP contribution < -0.4 is 0 Å². The molecule has 0 aromatic carbocycles. The summed E-state index contributed by atoms with van der Waals surface area (Å²) in [5, 5.41) is -0.687. The molecule has 6 unspecified atom stereocenters. The fourth-order valence-corrected chi connectivity index (χ4v) is 9.10. The van der Waals surface area contributed by atoms with Gasteiger partial charge in [-0.05, 0) is 57.3 Å². The summed E-state index contributed by atoms with van der Waals surface area (Å²) in [6.45, 7) is 3.85. The molecular formula is C18H31NO6S2. The highest BCUT2D eigenvalue weighted by atomic mass is 32.2. The molecule has 0 radical (unpaired) electrons. The molecule has 0 N–H and O–H groups in total. The lowest BCUT2D eigenvalue weighted by Crippen LogP contribution is -2.48. The van der Waals surface area contributed by atoms with Crippen LogP contribution in [0.15, 0.2) is 0 Å². The molecule has 7 nitrogen and oxygen atoms in total. The number of sulfonamides is 1. The summed E-state index contributed by atoms with van der Waals surface area (Å²) in [6, 6.07) is 0. The Morgan fingerprint density at radius 2 is 1.44 bits per heavy atom. The second kappa shape index (κ2) is 7.55. The zero-order chi connectivity index (χ0) is 19.2. The van der Waals surface area contributed by atoms with Crippen molar-refractivity contribution in [2.24, 2.45) is 11.8 Å². The summed E-state index contributed by atoms with van der Waals surface area (Å²) in [5.74, 6) is 0.593. The van der Waals surface area contributed by atoms with Crippen LogP contribution in [-0.4, -0.2) is 75.9 Å². The van der Waals surface area contributed by atoms with Gasteiger partial charge in [0.1, 0.15) is 0 Å². The van der Waals surface area contributed by atoms with Crippen LogP contribution in [0, 0.1) is 11.8 Å². The lowest BCUT2D eigenvalue weighted by Gasteiger charge is -2.40. The van der Waals surface area contributed by atoms with Crippen molar-refractivity contribution in [3.8, 4) is 0 Å². The van der Waals surface area contributed by atoms with Gasteiger partial charge in [0.05, 0.1) is 41.7 Å². The van der Waals surface area contributed by atoms with Gasteiger partial charge in [-0.1, -0.05) is 0 Å². The molecule has 6 atom stereocenters. The van der Waals surface area contributed by atoms with E-state index in [-0.39, 0.29) is 34.4 Å². The molecule has 4 aliphatic rings. The van der Waals surface area contributed by atoms with Gasteiger partial charge < -0.3 is 9.47 Å². The molecule has 2 aliphatic heterocycles. The Bertz CT molecular complexity index is 752. The summed E-state index contributed by atoms with van der Waals surface area (Å²) in [7, 11) is -6.43. The van der Waals surface area contributed by atoms with Crippen molar-refractivity contribution in [1.29, 1.82) is 0 Å². The fraction of sp³-hybridized carbons (Fsp3) is 1.00. The molecule has 0 spiro atoms. The van der Waals surface area contributed by atoms with E-state index in [1.807, 2.05) is 0 Å². The Balaban J connectivity index is 1.42. The van der Waals surface area contributed by atoms with Gasteiger partial charge in [0.2, 0.25) is 10.0 Å². The van der Waals surface area contributed by atoms with Crippen molar-refractivity contribution in [2.45, 2.75) is 68.2 Å². The fourth-order valence-electron chi connectivity index (χ4n) is 5.45.